The summed E-state index contributed by atoms with van der Waals surface area (Å²) in [4.78, 5) is 20.6. The fourth-order valence-electron chi connectivity index (χ4n) is 9.12. The van der Waals surface area contributed by atoms with Crippen LogP contribution < -0.4 is 0 Å². The van der Waals surface area contributed by atoms with Gasteiger partial charge in [0.1, 0.15) is 0 Å². The summed E-state index contributed by atoms with van der Waals surface area (Å²) in [6.45, 7) is 2.32. The number of hydrogen-bond donors (Lipinski definition) is 0. The highest BCUT2D eigenvalue weighted by Crippen LogP contribution is 2.41. The van der Waals surface area contributed by atoms with Crippen molar-refractivity contribution >= 4 is 0 Å². The third-order valence-electron chi connectivity index (χ3n) is 12.9. The maximum atomic E-state index is 5.17. The Balaban J connectivity index is 0.965. The molecule has 9 aromatic carbocycles. The molecule has 0 amide bonds. The fourth-order valence-corrected chi connectivity index (χ4v) is 9.12. The number of benzene rings is 9. The van der Waals surface area contributed by atoms with E-state index in [0.29, 0.717) is 11.6 Å². The lowest BCUT2D eigenvalue weighted by Crippen LogP contribution is -2.25. The first-order chi connectivity index (χ1) is 33.5. The van der Waals surface area contributed by atoms with Crippen LogP contribution in [0, 0.1) is 0 Å². The molecule has 0 saturated carbocycles. The zero-order valence-electron chi connectivity index (χ0n) is 37.6. The molecule has 4 nitrogen and oxygen atoms in total. The van der Waals surface area contributed by atoms with Crippen LogP contribution in [0.5, 0.6) is 0 Å². The van der Waals surface area contributed by atoms with E-state index in [1.807, 2.05) is 48.5 Å². The van der Waals surface area contributed by atoms with Gasteiger partial charge in [0.2, 0.25) is 0 Å². The van der Waals surface area contributed by atoms with Crippen LogP contribution in [0.15, 0.2) is 261 Å². The average Bonchev–Trinajstić information content (AvgIpc) is 3.44. The van der Waals surface area contributed by atoms with Crippen molar-refractivity contribution in [1.82, 2.24) is 19.9 Å². The molecule has 0 unspecified atom stereocenters. The minimum Gasteiger partial charge on any atom is -0.228 e. The topological polar surface area (TPSA) is 51.6 Å². The van der Waals surface area contributed by atoms with Gasteiger partial charge in [-0.25, -0.2) is 19.9 Å². The van der Waals surface area contributed by atoms with Crippen molar-refractivity contribution in [1.29, 1.82) is 0 Å². The maximum Gasteiger partial charge on any atom is 0.160 e. The summed E-state index contributed by atoms with van der Waals surface area (Å²) < 4.78 is 0. The van der Waals surface area contributed by atoms with Gasteiger partial charge in [-0.1, -0.05) is 237 Å². The smallest absolute Gasteiger partial charge is 0.160 e. The molecule has 0 N–H and O–H groups in total. The first-order valence-corrected chi connectivity index (χ1v) is 23.0. The van der Waals surface area contributed by atoms with Crippen LogP contribution in [0.3, 0.4) is 0 Å². The summed E-state index contributed by atoms with van der Waals surface area (Å²) in [5, 5.41) is 0. The van der Waals surface area contributed by atoms with Crippen LogP contribution in [0.1, 0.15) is 23.6 Å². The molecule has 11 rings (SSSR count). The highest BCUT2D eigenvalue weighted by molar-refractivity contribution is 5.78. The van der Waals surface area contributed by atoms with E-state index in [2.05, 4.69) is 219 Å². The summed E-state index contributed by atoms with van der Waals surface area (Å²) in [6.07, 6.45) is 0. The number of nitrogens with zero attached hydrogens (tertiary/aromatic N) is 4. The molecule has 0 atom stereocenters. The summed E-state index contributed by atoms with van der Waals surface area (Å²) in [7, 11) is 0. The monoisotopic (exact) mass is 870 g/mol. The molecule has 0 bridgehead atoms. The predicted octanol–water partition coefficient (Wildman–Crippen LogP) is 16.0. The quantitative estimate of drug-likeness (QED) is 0.122. The minimum atomic E-state index is -0.480. The summed E-state index contributed by atoms with van der Waals surface area (Å²) >= 11 is 0. The summed E-state index contributed by atoms with van der Waals surface area (Å²) in [5.74, 6) is 1.38. The minimum absolute atomic E-state index is 0.480. The first-order valence-electron chi connectivity index (χ1n) is 23.0. The van der Waals surface area contributed by atoms with Crippen molar-refractivity contribution in [3.63, 3.8) is 0 Å². The normalized spacial score (nSPS) is 11.3. The van der Waals surface area contributed by atoms with E-state index >= 15 is 0 Å². The Morgan fingerprint density at radius 3 is 0.868 bits per heavy atom. The molecule has 0 aliphatic heterocycles. The Morgan fingerprint density at radius 1 is 0.221 bits per heavy atom. The summed E-state index contributed by atoms with van der Waals surface area (Å²) in [5.41, 5.74) is 17.2. The molecular formula is C64H46N4. The lowest BCUT2D eigenvalue weighted by atomic mass is 9.71. The number of rotatable bonds is 11. The zero-order valence-corrected chi connectivity index (χ0v) is 37.6. The number of hydrogen-bond acceptors (Lipinski definition) is 4. The van der Waals surface area contributed by atoms with Gasteiger partial charge in [0.15, 0.2) is 11.6 Å². The van der Waals surface area contributed by atoms with Gasteiger partial charge in [0.25, 0.3) is 0 Å². The lowest BCUT2D eigenvalue weighted by Gasteiger charge is -2.32. The Hall–Kier alpha value is -8.86. The molecule has 0 spiro atoms. The molecule has 11 aromatic rings. The van der Waals surface area contributed by atoms with Crippen LogP contribution in [-0.4, -0.2) is 19.9 Å². The molecule has 0 aliphatic carbocycles. The Morgan fingerprint density at radius 2 is 0.500 bits per heavy atom. The van der Waals surface area contributed by atoms with Crippen LogP contribution in [-0.2, 0) is 5.41 Å². The number of aromatic nitrogens is 4. The van der Waals surface area contributed by atoms with Crippen molar-refractivity contribution in [3.05, 3.63) is 278 Å². The largest absolute Gasteiger partial charge is 0.228 e. The van der Waals surface area contributed by atoms with E-state index < -0.39 is 5.41 Å². The third-order valence-corrected chi connectivity index (χ3v) is 12.9. The van der Waals surface area contributed by atoms with Gasteiger partial charge >= 0.3 is 0 Å². The summed E-state index contributed by atoms with van der Waals surface area (Å²) in [6, 6.07) is 91.4. The van der Waals surface area contributed by atoms with E-state index in [1.165, 1.54) is 27.8 Å². The van der Waals surface area contributed by atoms with Crippen molar-refractivity contribution < 1.29 is 0 Å². The predicted molar refractivity (Wildman–Crippen MR) is 280 cm³/mol. The Kier molecular flexibility index (Phi) is 11.4. The van der Waals surface area contributed by atoms with Crippen LogP contribution >= 0.6 is 0 Å². The van der Waals surface area contributed by atoms with Gasteiger partial charge in [-0.2, -0.15) is 0 Å². The molecule has 68 heavy (non-hydrogen) atoms. The van der Waals surface area contributed by atoms with Gasteiger partial charge in [0.05, 0.1) is 22.8 Å². The molecule has 0 aliphatic rings. The maximum absolute atomic E-state index is 5.17. The van der Waals surface area contributed by atoms with Crippen molar-refractivity contribution in [2.45, 2.75) is 12.3 Å². The van der Waals surface area contributed by atoms with E-state index in [1.54, 1.807) is 0 Å². The molecule has 4 heteroatoms. The second kappa shape index (κ2) is 18.6. The SMILES string of the molecule is CC(c1ccccc1)(c1ccc(-c2cc(-c3cccc(-c4ccccc4)c3)nc(-c3ccccc3)n2)cc1)c1ccc(-c2cc(-c3cccc(-c4ccccc4)c3)nc(-c3ccccc3)n2)cc1. The van der Waals surface area contributed by atoms with E-state index in [4.69, 9.17) is 19.9 Å². The van der Waals surface area contributed by atoms with Crippen molar-refractivity contribution in [2.24, 2.45) is 0 Å². The average molecular weight is 871 g/mol. The zero-order chi connectivity index (χ0) is 45.7. The molecule has 2 aromatic heterocycles. The highest BCUT2D eigenvalue weighted by Gasteiger charge is 2.31. The molecule has 0 radical (unpaired) electrons. The van der Waals surface area contributed by atoms with Gasteiger partial charge in [0, 0.05) is 38.8 Å². The van der Waals surface area contributed by atoms with Gasteiger partial charge in [-0.05, 0) is 70.1 Å². The second-order valence-corrected chi connectivity index (χ2v) is 17.2. The molecule has 0 saturated heterocycles. The molecule has 2 heterocycles. The van der Waals surface area contributed by atoms with Gasteiger partial charge < -0.3 is 0 Å². The van der Waals surface area contributed by atoms with Gasteiger partial charge in [-0.3, -0.25) is 0 Å². The molecule has 322 valence electrons. The fraction of sp³-hybridized carbons (Fsp3) is 0.0312. The Labute approximate surface area is 398 Å². The van der Waals surface area contributed by atoms with E-state index in [-0.39, 0.29) is 0 Å². The molecule has 0 fully saturated rings. The van der Waals surface area contributed by atoms with E-state index in [9.17, 15) is 0 Å². The standard InChI is InChI=1S/C64H46N4/c1-64(55-31-15-6-16-32-55,56-37-33-47(34-38-56)58-43-60(67-62(65-58)49-23-11-4-12-24-49)53-29-17-27-51(41-53)45-19-7-2-8-20-45)57-39-35-48(36-40-57)59-44-61(68-63(66-59)50-25-13-5-14-26-50)54-30-18-28-52(42-54)46-21-9-3-10-22-46/h2-44H,1H3. The van der Waals surface area contributed by atoms with Crippen molar-refractivity contribution in [2.75, 3.05) is 0 Å². The third kappa shape index (κ3) is 8.55. The van der Waals surface area contributed by atoms with Crippen LogP contribution in [0.2, 0.25) is 0 Å². The van der Waals surface area contributed by atoms with Crippen LogP contribution in [0.25, 0.3) is 90.1 Å². The Bertz CT molecular complexity index is 3250. The highest BCUT2D eigenvalue weighted by atomic mass is 14.9. The second-order valence-electron chi connectivity index (χ2n) is 17.2. The van der Waals surface area contributed by atoms with E-state index in [0.717, 1.165) is 67.3 Å². The molecular weight excluding hydrogens is 825 g/mol. The first kappa shape index (κ1) is 41.8. The van der Waals surface area contributed by atoms with Crippen molar-refractivity contribution in [3.8, 4) is 90.1 Å². The van der Waals surface area contributed by atoms with Crippen LogP contribution in [0.4, 0.5) is 0 Å². The lowest BCUT2D eigenvalue weighted by molar-refractivity contribution is 0.693. The van der Waals surface area contributed by atoms with Gasteiger partial charge in [-0.15, -0.1) is 0 Å².